The van der Waals surface area contributed by atoms with E-state index in [0.29, 0.717) is 0 Å². The second-order valence-corrected chi connectivity index (χ2v) is 2.28. The molecule has 1 aromatic rings. The van der Waals surface area contributed by atoms with E-state index in [1.807, 2.05) is 6.20 Å². The van der Waals surface area contributed by atoms with E-state index >= 15 is 0 Å². The molecular formula is C8H8N2. The lowest BCUT2D eigenvalue weighted by Crippen LogP contribution is -1.72. The van der Waals surface area contributed by atoms with Crippen molar-refractivity contribution < 1.29 is 0 Å². The fourth-order valence-corrected chi connectivity index (χ4v) is 1.03. The molecule has 0 atom stereocenters. The van der Waals surface area contributed by atoms with Gasteiger partial charge in [-0.05, 0) is 12.5 Å². The Kier molecular flexibility index (Phi) is 1.17. The Bertz CT molecular complexity index is 255. The first-order valence-electron chi connectivity index (χ1n) is 3.33. The summed E-state index contributed by atoms with van der Waals surface area (Å²) in [5.74, 6) is 0. The predicted octanol–water partition coefficient (Wildman–Crippen LogP) is 1.84. The summed E-state index contributed by atoms with van der Waals surface area (Å²) in [6, 6.07) is 0. The molecule has 0 aromatic carbocycles. The number of H-pyrrole nitrogens is 1. The van der Waals surface area contributed by atoms with Crippen molar-refractivity contribution in [1.82, 2.24) is 10.2 Å². The number of aromatic amines is 1. The van der Waals surface area contributed by atoms with Gasteiger partial charge in [0, 0.05) is 5.56 Å². The van der Waals surface area contributed by atoms with Crippen LogP contribution in [0.1, 0.15) is 17.7 Å². The zero-order chi connectivity index (χ0) is 6.81. The lowest BCUT2D eigenvalue weighted by atomic mass is 10.2. The van der Waals surface area contributed by atoms with E-state index < -0.39 is 0 Å². The maximum Gasteiger partial charge on any atom is 0.0647 e. The summed E-state index contributed by atoms with van der Waals surface area (Å²) < 4.78 is 0. The molecule has 0 amide bonds. The third-order valence-electron chi connectivity index (χ3n) is 1.55. The van der Waals surface area contributed by atoms with Crippen molar-refractivity contribution in [2.75, 3.05) is 0 Å². The number of nitrogens with zero attached hydrogens (tertiary/aromatic N) is 1. The van der Waals surface area contributed by atoms with Gasteiger partial charge in [0.1, 0.15) is 0 Å². The predicted molar refractivity (Wildman–Crippen MR) is 41.3 cm³/mol. The van der Waals surface area contributed by atoms with Crippen LogP contribution < -0.4 is 0 Å². The molecule has 1 aromatic heterocycles. The van der Waals surface area contributed by atoms with Crippen LogP contribution in [-0.2, 0) is 0 Å². The standard InChI is InChI=1S/C8H8N2/c1-2-4-7-6-9-10-8(7)5-3-1/h2-6H,1H2,(H,9,10). The summed E-state index contributed by atoms with van der Waals surface area (Å²) in [5, 5.41) is 6.83. The fourth-order valence-electron chi connectivity index (χ4n) is 1.03. The fraction of sp³-hybridized carbons (Fsp3) is 0.125. The van der Waals surface area contributed by atoms with Crippen molar-refractivity contribution in [1.29, 1.82) is 0 Å². The SMILES string of the molecule is C1=Cc2cn[nH]c2C=CC1. The Morgan fingerprint density at radius 2 is 2.20 bits per heavy atom. The number of hydrogen-bond acceptors (Lipinski definition) is 1. The molecule has 1 heterocycles. The average molecular weight is 132 g/mol. The summed E-state index contributed by atoms with van der Waals surface area (Å²) in [5.41, 5.74) is 2.28. The Balaban J connectivity index is 2.56. The maximum atomic E-state index is 3.92. The molecule has 10 heavy (non-hydrogen) atoms. The molecule has 1 aliphatic rings. The Morgan fingerprint density at radius 3 is 3.20 bits per heavy atom. The van der Waals surface area contributed by atoms with Gasteiger partial charge < -0.3 is 0 Å². The van der Waals surface area contributed by atoms with E-state index in [2.05, 4.69) is 34.5 Å². The highest BCUT2D eigenvalue weighted by atomic mass is 15.1. The molecule has 0 spiro atoms. The zero-order valence-corrected chi connectivity index (χ0v) is 5.54. The molecule has 1 aliphatic carbocycles. The van der Waals surface area contributed by atoms with Crippen LogP contribution in [0.3, 0.4) is 0 Å². The van der Waals surface area contributed by atoms with Crippen LogP contribution in [0.5, 0.6) is 0 Å². The van der Waals surface area contributed by atoms with Crippen LogP contribution in [0.4, 0.5) is 0 Å². The van der Waals surface area contributed by atoms with Crippen LogP contribution in [0.25, 0.3) is 12.2 Å². The van der Waals surface area contributed by atoms with Gasteiger partial charge in [0.25, 0.3) is 0 Å². The summed E-state index contributed by atoms with van der Waals surface area (Å²) in [7, 11) is 0. The molecule has 50 valence electrons. The molecule has 2 rings (SSSR count). The van der Waals surface area contributed by atoms with Crippen molar-refractivity contribution in [3.63, 3.8) is 0 Å². The van der Waals surface area contributed by atoms with Gasteiger partial charge in [-0.15, -0.1) is 0 Å². The Labute approximate surface area is 59.3 Å². The van der Waals surface area contributed by atoms with E-state index in [1.165, 1.54) is 5.56 Å². The highest BCUT2D eigenvalue weighted by molar-refractivity contribution is 5.63. The number of hydrogen-bond donors (Lipinski definition) is 1. The normalized spacial score (nSPS) is 14.8. The molecule has 0 fully saturated rings. The second kappa shape index (κ2) is 2.14. The Morgan fingerprint density at radius 1 is 1.30 bits per heavy atom. The molecule has 0 saturated heterocycles. The minimum Gasteiger partial charge on any atom is -0.278 e. The molecule has 0 saturated carbocycles. The third kappa shape index (κ3) is 0.778. The molecule has 0 radical (unpaired) electrons. The lowest BCUT2D eigenvalue weighted by molar-refractivity contribution is 1.08. The first-order chi connectivity index (χ1) is 4.97. The molecule has 1 N–H and O–H groups in total. The highest BCUT2D eigenvalue weighted by Gasteiger charge is 1.98. The molecule has 2 nitrogen and oxygen atoms in total. The van der Waals surface area contributed by atoms with Crippen molar-refractivity contribution >= 4 is 12.2 Å². The van der Waals surface area contributed by atoms with Crippen LogP contribution in [-0.4, -0.2) is 10.2 Å². The average Bonchev–Trinajstić information content (AvgIpc) is 2.28. The van der Waals surface area contributed by atoms with Gasteiger partial charge in [0.05, 0.1) is 11.9 Å². The molecular weight excluding hydrogens is 124 g/mol. The molecule has 0 bridgehead atoms. The van der Waals surface area contributed by atoms with Crippen LogP contribution in [0, 0.1) is 0 Å². The quantitative estimate of drug-likeness (QED) is 0.573. The second-order valence-electron chi connectivity index (χ2n) is 2.28. The topological polar surface area (TPSA) is 28.7 Å². The van der Waals surface area contributed by atoms with E-state index in [1.54, 1.807) is 0 Å². The van der Waals surface area contributed by atoms with E-state index in [-0.39, 0.29) is 0 Å². The zero-order valence-electron chi connectivity index (χ0n) is 5.54. The van der Waals surface area contributed by atoms with Crippen LogP contribution >= 0.6 is 0 Å². The van der Waals surface area contributed by atoms with Gasteiger partial charge in [-0.25, -0.2) is 0 Å². The van der Waals surface area contributed by atoms with Gasteiger partial charge in [0.15, 0.2) is 0 Å². The smallest absolute Gasteiger partial charge is 0.0647 e. The van der Waals surface area contributed by atoms with E-state index in [4.69, 9.17) is 0 Å². The minimum atomic E-state index is 1.02. The molecule has 0 aliphatic heterocycles. The largest absolute Gasteiger partial charge is 0.278 e. The van der Waals surface area contributed by atoms with Gasteiger partial charge >= 0.3 is 0 Å². The van der Waals surface area contributed by atoms with Gasteiger partial charge in [-0.3, -0.25) is 5.10 Å². The summed E-state index contributed by atoms with van der Waals surface area (Å²) >= 11 is 0. The first-order valence-corrected chi connectivity index (χ1v) is 3.33. The minimum absolute atomic E-state index is 1.02. The molecule has 2 heteroatoms. The molecule has 0 unspecified atom stereocenters. The van der Waals surface area contributed by atoms with E-state index in [0.717, 1.165) is 12.1 Å². The van der Waals surface area contributed by atoms with Crippen molar-refractivity contribution in [2.24, 2.45) is 0 Å². The van der Waals surface area contributed by atoms with Crippen molar-refractivity contribution in [2.45, 2.75) is 6.42 Å². The number of rotatable bonds is 0. The number of allylic oxidation sites excluding steroid dienone is 2. The van der Waals surface area contributed by atoms with Crippen molar-refractivity contribution in [3.8, 4) is 0 Å². The van der Waals surface area contributed by atoms with Crippen molar-refractivity contribution in [3.05, 3.63) is 29.6 Å². The summed E-state index contributed by atoms with van der Waals surface area (Å²) in [4.78, 5) is 0. The van der Waals surface area contributed by atoms with Crippen LogP contribution in [0.15, 0.2) is 18.3 Å². The van der Waals surface area contributed by atoms with Gasteiger partial charge in [-0.2, -0.15) is 5.10 Å². The summed E-state index contributed by atoms with van der Waals surface area (Å²) in [6.07, 6.45) is 11.2. The summed E-state index contributed by atoms with van der Waals surface area (Å²) in [6.45, 7) is 0. The van der Waals surface area contributed by atoms with Crippen LogP contribution in [0.2, 0.25) is 0 Å². The number of aromatic nitrogens is 2. The van der Waals surface area contributed by atoms with E-state index in [9.17, 15) is 0 Å². The lowest BCUT2D eigenvalue weighted by Gasteiger charge is -1.83. The highest BCUT2D eigenvalue weighted by Crippen LogP contribution is 2.12. The third-order valence-corrected chi connectivity index (χ3v) is 1.55. The Hall–Kier alpha value is -1.31. The monoisotopic (exact) mass is 132 g/mol. The van der Waals surface area contributed by atoms with Gasteiger partial charge in [-0.1, -0.05) is 18.2 Å². The number of fused-ring (bicyclic) bond motifs is 1. The number of nitrogens with one attached hydrogen (secondary N) is 1. The maximum absolute atomic E-state index is 3.92. The first kappa shape index (κ1) is 5.47. The van der Waals surface area contributed by atoms with Gasteiger partial charge in [0.2, 0.25) is 0 Å².